The van der Waals surface area contributed by atoms with Gasteiger partial charge in [0.05, 0.1) is 12.0 Å². The number of likely N-dealkylation sites (tertiary alicyclic amines) is 1. The van der Waals surface area contributed by atoms with Crippen molar-refractivity contribution in [3.8, 4) is 0 Å². The minimum atomic E-state index is 0.206. The monoisotopic (exact) mass is 266 g/mol. The molecule has 108 valence electrons. The van der Waals surface area contributed by atoms with Crippen LogP contribution in [0.3, 0.4) is 0 Å². The highest BCUT2D eigenvalue weighted by Crippen LogP contribution is 2.23. The van der Waals surface area contributed by atoms with Gasteiger partial charge in [-0.25, -0.2) is 0 Å². The van der Waals surface area contributed by atoms with Gasteiger partial charge in [0.1, 0.15) is 0 Å². The summed E-state index contributed by atoms with van der Waals surface area (Å²) in [6, 6.07) is 0.490. The predicted molar refractivity (Wildman–Crippen MR) is 73.9 cm³/mol. The van der Waals surface area contributed by atoms with Crippen molar-refractivity contribution in [3.63, 3.8) is 0 Å². The molecule has 1 N–H and O–H groups in total. The molecule has 2 atom stereocenters. The second kappa shape index (κ2) is 6.23. The molecule has 2 saturated heterocycles. The highest BCUT2D eigenvalue weighted by Gasteiger charge is 2.31. The normalized spacial score (nSPS) is 33.1. The van der Waals surface area contributed by atoms with Gasteiger partial charge in [-0.2, -0.15) is 0 Å². The Balaban J connectivity index is 1.45. The summed E-state index contributed by atoms with van der Waals surface area (Å²) in [6.07, 6.45) is 8.66. The summed E-state index contributed by atoms with van der Waals surface area (Å²) >= 11 is 0. The summed E-state index contributed by atoms with van der Waals surface area (Å²) in [5.74, 6) is 0.495. The fourth-order valence-electron chi connectivity index (χ4n) is 3.22. The van der Waals surface area contributed by atoms with Crippen molar-refractivity contribution in [2.45, 2.75) is 57.1 Å². The molecule has 1 amide bonds. The van der Waals surface area contributed by atoms with Crippen molar-refractivity contribution in [2.75, 3.05) is 26.2 Å². The van der Waals surface area contributed by atoms with E-state index in [9.17, 15) is 4.79 Å². The van der Waals surface area contributed by atoms with Gasteiger partial charge in [-0.1, -0.05) is 0 Å². The zero-order valence-electron chi connectivity index (χ0n) is 11.8. The first-order valence-corrected chi connectivity index (χ1v) is 7.95. The molecule has 2 heterocycles. The number of carbonyl (C=O) groups is 1. The number of hydrogen-bond donors (Lipinski definition) is 1. The number of hydrogen-bond acceptors (Lipinski definition) is 3. The molecular formula is C15H26N2O2. The molecule has 0 bridgehead atoms. The van der Waals surface area contributed by atoms with Crippen LogP contribution in [0.25, 0.3) is 0 Å². The van der Waals surface area contributed by atoms with Crippen LogP contribution in [-0.2, 0) is 9.53 Å². The molecule has 3 fully saturated rings. The fraction of sp³-hybridized carbons (Fsp3) is 0.933. The van der Waals surface area contributed by atoms with E-state index in [0.717, 1.165) is 39.1 Å². The Morgan fingerprint density at radius 3 is 2.79 bits per heavy atom. The lowest BCUT2D eigenvalue weighted by Crippen LogP contribution is -2.46. The number of ether oxygens (including phenoxy) is 1. The van der Waals surface area contributed by atoms with Gasteiger partial charge in [0.25, 0.3) is 0 Å². The van der Waals surface area contributed by atoms with Gasteiger partial charge < -0.3 is 10.1 Å². The molecule has 1 aliphatic carbocycles. The first-order valence-electron chi connectivity index (χ1n) is 7.95. The molecule has 1 saturated carbocycles. The predicted octanol–water partition coefficient (Wildman–Crippen LogP) is 1.55. The lowest BCUT2D eigenvalue weighted by molar-refractivity contribution is -0.127. The van der Waals surface area contributed by atoms with Crippen LogP contribution in [0.1, 0.15) is 44.9 Å². The molecule has 4 heteroatoms. The zero-order valence-corrected chi connectivity index (χ0v) is 11.8. The van der Waals surface area contributed by atoms with Crippen LogP contribution in [0.15, 0.2) is 0 Å². The molecule has 3 rings (SSSR count). The van der Waals surface area contributed by atoms with Crippen LogP contribution in [0.5, 0.6) is 0 Å². The zero-order chi connectivity index (χ0) is 13.1. The largest absolute Gasteiger partial charge is 0.377 e. The summed E-state index contributed by atoms with van der Waals surface area (Å²) in [5.41, 5.74) is 0. The first kappa shape index (κ1) is 13.4. The highest BCUT2D eigenvalue weighted by atomic mass is 16.5. The van der Waals surface area contributed by atoms with Crippen molar-refractivity contribution in [1.29, 1.82) is 0 Å². The molecular weight excluding hydrogens is 240 g/mol. The van der Waals surface area contributed by atoms with Crippen LogP contribution < -0.4 is 5.32 Å². The minimum absolute atomic E-state index is 0.206. The molecule has 0 aromatic rings. The Labute approximate surface area is 115 Å². The maximum Gasteiger partial charge on any atom is 0.224 e. The van der Waals surface area contributed by atoms with Gasteiger partial charge in [-0.05, 0) is 51.5 Å². The lowest BCUT2D eigenvalue weighted by atomic mass is 9.96. The number of nitrogens with zero attached hydrogens (tertiary/aromatic N) is 1. The van der Waals surface area contributed by atoms with Gasteiger partial charge >= 0.3 is 0 Å². The average Bonchev–Trinajstić information content (AvgIpc) is 3.24. The van der Waals surface area contributed by atoms with E-state index in [1.165, 1.54) is 32.1 Å². The van der Waals surface area contributed by atoms with Gasteiger partial charge in [-0.3, -0.25) is 9.69 Å². The van der Waals surface area contributed by atoms with Gasteiger partial charge in [0, 0.05) is 25.7 Å². The van der Waals surface area contributed by atoms with E-state index < -0.39 is 0 Å². The summed E-state index contributed by atoms with van der Waals surface area (Å²) in [7, 11) is 0. The van der Waals surface area contributed by atoms with Crippen molar-refractivity contribution >= 4 is 5.91 Å². The summed E-state index contributed by atoms with van der Waals surface area (Å²) in [5, 5.41) is 3.15. The molecule has 19 heavy (non-hydrogen) atoms. The van der Waals surface area contributed by atoms with Crippen LogP contribution in [0.4, 0.5) is 0 Å². The molecule has 0 spiro atoms. The molecule has 2 aliphatic heterocycles. The van der Waals surface area contributed by atoms with Crippen molar-refractivity contribution < 1.29 is 9.53 Å². The number of carbonyl (C=O) groups excluding carboxylic acids is 1. The summed E-state index contributed by atoms with van der Waals surface area (Å²) in [6.45, 7) is 4.00. The quantitative estimate of drug-likeness (QED) is 0.839. The van der Waals surface area contributed by atoms with E-state index in [0.29, 0.717) is 12.1 Å². The minimum Gasteiger partial charge on any atom is -0.377 e. The van der Waals surface area contributed by atoms with E-state index in [2.05, 4.69) is 10.2 Å². The van der Waals surface area contributed by atoms with Crippen LogP contribution in [0.2, 0.25) is 0 Å². The van der Waals surface area contributed by atoms with E-state index in [4.69, 9.17) is 4.74 Å². The van der Waals surface area contributed by atoms with Crippen molar-refractivity contribution in [1.82, 2.24) is 10.2 Å². The Hall–Kier alpha value is -0.610. The highest BCUT2D eigenvalue weighted by molar-refractivity contribution is 5.79. The lowest BCUT2D eigenvalue weighted by Gasteiger charge is -2.35. The third-order valence-electron chi connectivity index (χ3n) is 4.54. The summed E-state index contributed by atoms with van der Waals surface area (Å²) < 4.78 is 5.81. The Morgan fingerprint density at radius 2 is 2.05 bits per heavy atom. The van der Waals surface area contributed by atoms with Gasteiger partial charge in [0.2, 0.25) is 5.91 Å². The number of piperidine rings is 1. The van der Waals surface area contributed by atoms with Crippen LogP contribution in [-0.4, -0.2) is 49.2 Å². The Bertz CT molecular complexity index is 311. The molecule has 0 aromatic heterocycles. The Morgan fingerprint density at radius 1 is 1.16 bits per heavy atom. The van der Waals surface area contributed by atoms with Crippen LogP contribution >= 0.6 is 0 Å². The first-order chi connectivity index (χ1) is 9.31. The van der Waals surface area contributed by atoms with E-state index >= 15 is 0 Å². The van der Waals surface area contributed by atoms with Crippen molar-refractivity contribution in [3.05, 3.63) is 0 Å². The number of rotatable bonds is 4. The number of amides is 1. The van der Waals surface area contributed by atoms with Crippen molar-refractivity contribution in [2.24, 2.45) is 5.92 Å². The molecule has 0 unspecified atom stereocenters. The third kappa shape index (κ3) is 3.93. The Kier molecular flexibility index (Phi) is 4.38. The smallest absolute Gasteiger partial charge is 0.224 e. The fourth-order valence-corrected chi connectivity index (χ4v) is 3.22. The van der Waals surface area contributed by atoms with E-state index in [-0.39, 0.29) is 11.8 Å². The second-order valence-corrected chi connectivity index (χ2v) is 6.37. The molecule has 0 radical (unpaired) electrons. The topological polar surface area (TPSA) is 41.6 Å². The standard InChI is InChI=1S/C15H26N2O2/c18-15(16-13-6-7-13)12-4-3-8-17(10-12)11-14-5-1-2-9-19-14/h12-14H,1-11H2,(H,16,18)/t12-,14-/m1/s1. The van der Waals surface area contributed by atoms with E-state index in [1.807, 2.05) is 0 Å². The number of nitrogens with one attached hydrogen (secondary N) is 1. The average molecular weight is 266 g/mol. The van der Waals surface area contributed by atoms with Gasteiger partial charge in [0.15, 0.2) is 0 Å². The molecule has 3 aliphatic rings. The molecule has 0 aromatic carbocycles. The second-order valence-electron chi connectivity index (χ2n) is 6.37. The maximum absolute atomic E-state index is 12.1. The SMILES string of the molecule is O=C(NC1CC1)[C@@H]1CCCN(C[C@H]2CCCCO2)C1. The maximum atomic E-state index is 12.1. The third-order valence-corrected chi connectivity index (χ3v) is 4.54. The van der Waals surface area contributed by atoms with Gasteiger partial charge in [-0.15, -0.1) is 0 Å². The van der Waals surface area contributed by atoms with Crippen LogP contribution in [0, 0.1) is 5.92 Å². The van der Waals surface area contributed by atoms with E-state index in [1.54, 1.807) is 0 Å². The molecule has 4 nitrogen and oxygen atoms in total. The summed E-state index contributed by atoms with van der Waals surface area (Å²) in [4.78, 5) is 14.6.